The molecule has 0 unspecified atom stereocenters. The summed E-state index contributed by atoms with van der Waals surface area (Å²) in [4.78, 5) is 0. The van der Waals surface area contributed by atoms with E-state index in [-0.39, 0.29) is 0 Å². The van der Waals surface area contributed by atoms with Crippen LogP contribution in [0.3, 0.4) is 0 Å². The highest BCUT2D eigenvalue weighted by Gasteiger charge is 2.16. The second kappa shape index (κ2) is 3.12. The SMILES string of the molecule is COc1ccc2c(c1)CCN2I. The third-order valence-electron chi connectivity index (χ3n) is 2.13. The molecule has 0 aliphatic carbocycles. The molecule has 0 aromatic heterocycles. The molecule has 0 N–H and O–H groups in total. The molecule has 2 rings (SSSR count). The van der Waals surface area contributed by atoms with E-state index in [1.54, 1.807) is 7.11 Å². The van der Waals surface area contributed by atoms with Gasteiger partial charge in [0.2, 0.25) is 0 Å². The van der Waals surface area contributed by atoms with Gasteiger partial charge in [-0.15, -0.1) is 0 Å². The molecule has 64 valence electrons. The number of nitrogens with zero attached hydrogens (tertiary/aromatic N) is 1. The number of hydrogen-bond donors (Lipinski definition) is 0. The molecule has 3 heteroatoms. The molecule has 2 nitrogen and oxygen atoms in total. The highest BCUT2D eigenvalue weighted by molar-refractivity contribution is 14.1. The first kappa shape index (κ1) is 8.16. The van der Waals surface area contributed by atoms with Crippen molar-refractivity contribution in [2.45, 2.75) is 6.42 Å². The zero-order valence-corrected chi connectivity index (χ0v) is 9.04. The molecule has 0 saturated carbocycles. The van der Waals surface area contributed by atoms with Crippen LogP contribution in [0, 0.1) is 0 Å². The highest BCUT2D eigenvalue weighted by Crippen LogP contribution is 2.33. The number of benzene rings is 1. The van der Waals surface area contributed by atoms with E-state index >= 15 is 0 Å². The number of hydrogen-bond acceptors (Lipinski definition) is 2. The van der Waals surface area contributed by atoms with Gasteiger partial charge < -0.3 is 7.85 Å². The van der Waals surface area contributed by atoms with Crippen molar-refractivity contribution in [1.29, 1.82) is 0 Å². The average Bonchev–Trinajstić information content (AvgIpc) is 2.47. The lowest BCUT2D eigenvalue weighted by atomic mass is 10.1. The van der Waals surface area contributed by atoms with Gasteiger partial charge in [-0.1, -0.05) is 0 Å². The lowest BCUT2D eigenvalue weighted by Crippen LogP contribution is -2.02. The summed E-state index contributed by atoms with van der Waals surface area (Å²) >= 11 is 2.34. The topological polar surface area (TPSA) is 12.5 Å². The van der Waals surface area contributed by atoms with E-state index < -0.39 is 0 Å². The molecule has 0 spiro atoms. The number of methoxy groups -OCH3 is 1. The van der Waals surface area contributed by atoms with Gasteiger partial charge in [-0.2, -0.15) is 0 Å². The zero-order valence-electron chi connectivity index (χ0n) is 6.88. The minimum atomic E-state index is 0.959. The second-order valence-electron chi connectivity index (χ2n) is 2.83. The molecule has 0 bridgehead atoms. The Bertz CT molecular complexity index is 301. The Kier molecular flexibility index (Phi) is 2.12. The van der Waals surface area contributed by atoms with Crippen LogP contribution in [-0.2, 0) is 6.42 Å². The number of fused-ring (bicyclic) bond motifs is 1. The van der Waals surface area contributed by atoms with Gasteiger partial charge in [-0.3, -0.25) is 0 Å². The van der Waals surface area contributed by atoms with Crippen LogP contribution in [0.5, 0.6) is 5.75 Å². The summed E-state index contributed by atoms with van der Waals surface area (Å²) in [5.74, 6) is 0.959. The maximum atomic E-state index is 5.15. The molecule has 0 saturated heterocycles. The van der Waals surface area contributed by atoms with Crippen LogP contribution in [-0.4, -0.2) is 13.7 Å². The van der Waals surface area contributed by atoms with Crippen molar-refractivity contribution in [3.63, 3.8) is 0 Å². The van der Waals surface area contributed by atoms with E-state index in [0.717, 1.165) is 18.7 Å². The van der Waals surface area contributed by atoms with E-state index in [0.29, 0.717) is 0 Å². The van der Waals surface area contributed by atoms with Crippen LogP contribution < -0.4 is 7.85 Å². The number of halogens is 1. The maximum absolute atomic E-state index is 5.15. The molecule has 1 aliphatic rings. The van der Waals surface area contributed by atoms with Crippen LogP contribution in [0.2, 0.25) is 0 Å². The van der Waals surface area contributed by atoms with Crippen LogP contribution in [0.4, 0.5) is 5.69 Å². The fourth-order valence-corrected chi connectivity index (χ4v) is 2.18. The summed E-state index contributed by atoms with van der Waals surface area (Å²) in [6.45, 7) is 1.11. The Morgan fingerprint density at radius 2 is 2.33 bits per heavy atom. The van der Waals surface area contributed by atoms with Crippen LogP contribution in [0.25, 0.3) is 0 Å². The Morgan fingerprint density at radius 1 is 1.50 bits per heavy atom. The fraction of sp³-hybridized carbons (Fsp3) is 0.333. The molecule has 0 fully saturated rings. The Balaban J connectivity index is 2.41. The summed E-state index contributed by atoms with van der Waals surface area (Å²) in [6, 6.07) is 6.25. The highest BCUT2D eigenvalue weighted by atomic mass is 127. The van der Waals surface area contributed by atoms with E-state index in [9.17, 15) is 0 Å². The molecule has 1 aliphatic heterocycles. The lowest BCUT2D eigenvalue weighted by molar-refractivity contribution is 0.414. The van der Waals surface area contributed by atoms with Crippen molar-refractivity contribution >= 4 is 28.6 Å². The normalized spacial score (nSPS) is 14.7. The number of ether oxygens (including phenoxy) is 1. The average molecular weight is 275 g/mol. The van der Waals surface area contributed by atoms with Gasteiger partial charge >= 0.3 is 0 Å². The van der Waals surface area contributed by atoms with Crippen molar-refractivity contribution in [3.8, 4) is 5.75 Å². The van der Waals surface area contributed by atoms with Gasteiger partial charge in [-0.25, -0.2) is 0 Å². The van der Waals surface area contributed by atoms with E-state index in [2.05, 4.69) is 38.1 Å². The standard InChI is InChI=1S/C9H10INO/c1-12-8-2-3-9-7(6-8)4-5-11(9)10/h2-3,6H,4-5H2,1H3. The third kappa shape index (κ3) is 1.26. The lowest BCUT2D eigenvalue weighted by Gasteiger charge is -2.08. The predicted molar refractivity (Wildman–Crippen MR) is 58.1 cm³/mol. The summed E-state index contributed by atoms with van der Waals surface area (Å²) in [5, 5.41) is 0. The molecule has 0 atom stereocenters. The van der Waals surface area contributed by atoms with Crippen LogP contribution >= 0.6 is 22.9 Å². The maximum Gasteiger partial charge on any atom is 0.119 e. The Morgan fingerprint density at radius 3 is 3.08 bits per heavy atom. The summed E-state index contributed by atoms with van der Waals surface area (Å²) in [5.41, 5.74) is 2.72. The first-order chi connectivity index (χ1) is 5.81. The van der Waals surface area contributed by atoms with Gasteiger partial charge in [0.15, 0.2) is 0 Å². The van der Waals surface area contributed by atoms with Gasteiger partial charge in [0, 0.05) is 12.2 Å². The summed E-state index contributed by atoms with van der Waals surface area (Å²) in [7, 11) is 1.71. The van der Waals surface area contributed by atoms with Gasteiger partial charge in [0.05, 0.1) is 30.0 Å². The zero-order chi connectivity index (χ0) is 8.55. The molecule has 12 heavy (non-hydrogen) atoms. The third-order valence-corrected chi connectivity index (χ3v) is 3.13. The van der Waals surface area contributed by atoms with Gasteiger partial charge in [0.25, 0.3) is 0 Å². The van der Waals surface area contributed by atoms with Crippen LogP contribution in [0.15, 0.2) is 18.2 Å². The van der Waals surface area contributed by atoms with Gasteiger partial charge in [0.1, 0.15) is 5.75 Å². The van der Waals surface area contributed by atoms with Crippen molar-refractivity contribution in [2.75, 3.05) is 16.8 Å². The van der Waals surface area contributed by atoms with E-state index in [1.165, 1.54) is 11.3 Å². The van der Waals surface area contributed by atoms with Crippen molar-refractivity contribution < 1.29 is 4.74 Å². The quantitative estimate of drug-likeness (QED) is 0.576. The summed E-state index contributed by atoms with van der Waals surface area (Å²) < 4.78 is 7.40. The molecule has 1 heterocycles. The predicted octanol–water partition coefficient (Wildman–Crippen LogP) is 2.41. The van der Waals surface area contributed by atoms with E-state index in [1.807, 2.05) is 6.07 Å². The van der Waals surface area contributed by atoms with Gasteiger partial charge in [-0.05, 0) is 30.2 Å². The summed E-state index contributed by atoms with van der Waals surface area (Å²) in [6.07, 6.45) is 1.13. The van der Waals surface area contributed by atoms with E-state index in [4.69, 9.17) is 4.74 Å². The smallest absolute Gasteiger partial charge is 0.119 e. The number of anilines is 1. The molecule has 0 amide bonds. The Hall–Kier alpha value is -0.450. The Labute approximate surface area is 86.0 Å². The minimum Gasteiger partial charge on any atom is -0.497 e. The van der Waals surface area contributed by atoms with Crippen molar-refractivity contribution in [2.24, 2.45) is 0 Å². The molecule has 1 aromatic rings. The first-order valence-electron chi connectivity index (χ1n) is 3.91. The van der Waals surface area contributed by atoms with Crippen molar-refractivity contribution in [1.82, 2.24) is 0 Å². The van der Waals surface area contributed by atoms with Crippen molar-refractivity contribution in [3.05, 3.63) is 23.8 Å². The molecular formula is C9H10INO. The largest absolute Gasteiger partial charge is 0.497 e. The minimum absolute atomic E-state index is 0.959. The fourth-order valence-electron chi connectivity index (χ4n) is 1.46. The first-order valence-corrected chi connectivity index (χ1v) is 4.88. The molecule has 0 radical (unpaired) electrons. The number of rotatable bonds is 1. The molecular weight excluding hydrogens is 265 g/mol. The molecule has 1 aromatic carbocycles. The monoisotopic (exact) mass is 275 g/mol. The second-order valence-corrected chi connectivity index (χ2v) is 4.00. The van der Waals surface area contributed by atoms with Crippen LogP contribution in [0.1, 0.15) is 5.56 Å².